The van der Waals surface area contributed by atoms with E-state index in [1.807, 2.05) is 42.5 Å². The molecule has 1 amide bonds. The van der Waals surface area contributed by atoms with Crippen molar-refractivity contribution in [1.29, 1.82) is 0 Å². The molecule has 0 aliphatic rings. The van der Waals surface area contributed by atoms with Crippen LogP contribution in [0, 0.1) is 0 Å². The van der Waals surface area contributed by atoms with Gasteiger partial charge in [0.1, 0.15) is 11.5 Å². The van der Waals surface area contributed by atoms with Gasteiger partial charge in [0.05, 0.1) is 24.6 Å². The van der Waals surface area contributed by atoms with E-state index in [4.69, 9.17) is 0 Å². The predicted molar refractivity (Wildman–Crippen MR) is 112 cm³/mol. The molecule has 3 aromatic rings. The highest BCUT2D eigenvalue weighted by Crippen LogP contribution is 2.18. The number of carbonyl (C=O) groups is 1. The quantitative estimate of drug-likeness (QED) is 0.625. The lowest BCUT2D eigenvalue weighted by atomic mass is 10.2. The Morgan fingerprint density at radius 2 is 1.75 bits per heavy atom. The fourth-order valence-electron chi connectivity index (χ4n) is 2.76. The van der Waals surface area contributed by atoms with Crippen molar-refractivity contribution in [3.05, 3.63) is 72.4 Å². The van der Waals surface area contributed by atoms with Gasteiger partial charge in [-0.2, -0.15) is 0 Å². The van der Waals surface area contributed by atoms with Gasteiger partial charge in [-0.1, -0.05) is 6.07 Å². The Morgan fingerprint density at radius 1 is 0.964 bits per heavy atom. The molecule has 28 heavy (non-hydrogen) atoms. The van der Waals surface area contributed by atoms with E-state index in [1.54, 1.807) is 12.4 Å². The van der Waals surface area contributed by atoms with Gasteiger partial charge in [0.2, 0.25) is 0 Å². The lowest BCUT2D eigenvalue weighted by molar-refractivity contribution is 0.102. The van der Waals surface area contributed by atoms with Crippen LogP contribution in [-0.4, -0.2) is 33.9 Å². The SMILES string of the molecule is CCN(CC)c1ccc(NC(=O)c2cnc(NCc3ccccn3)cn2)cc1. The Balaban J connectivity index is 1.57. The Bertz CT molecular complexity index is 877. The molecule has 0 radical (unpaired) electrons. The van der Waals surface area contributed by atoms with Gasteiger partial charge < -0.3 is 15.5 Å². The summed E-state index contributed by atoms with van der Waals surface area (Å²) in [6, 6.07) is 13.5. The molecule has 0 unspecified atom stereocenters. The van der Waals surface area contributed by atoms with Crippen molar-refractivity contribution in [2.24, 2.45) is 0 Å². The fraction of sp³-hybridized carbons (Fsp3) is 0.238. The third-order valence-corrected chi connectivity index (χ3v) is 4.32. The van der Waals surface area contributed by atoms with Gasteiger partial charge in [-0.15, -0.1) is 0 Å². The number of aromatic nitrogens is 3. The molecule has 0 saturated heterocycles. The normalized spacial score (nSPS) is 10.4. The van der Waals surface area contributed by atoms with Crippen LogP contribution in [0.4, 0.5) is 17.2 Å². The summed E-state index contributed by atoms with van der Waals surface area (Å²) in [5.74, 6) is 0.296. The monoisotopic (exact) mass is 376 g/mol. The second-order valence-electron chi connectivity index (χ2n) is 6.13. The maximum absolute atomic E-state index is 12.4. The number of nitrogens with zero attached hydrogens (tertiary/aromatic N) is 4. The molecule has 7 heteroatoms. The molecule has 2 N–H and O–H groups in total. The second kappa shape index (κ2) is 9.45. The molecule has 3 rings (SSSR count). The molecule has 0 fully saturated rings. The van der Waals surface area contributed by atoms with Crippen molar-refractivity contribution in [2.45, 2.75) is 20.4 Å². The van der Waals surface area contributed by atoms with Gasteiger partial charge >= 0.3 is 0 Å². The molecule has 0 aliphatic carbocycles. The van der Waals surface area contributed by atoms with E-state index in [2.05, 4.69) is 44.3 Å². The van der Waals surface area contributed by atoms with Gasteiger partial charge in [-0.05, 0) is 50.2 Å². The zero-order chi connectivity index (χ0) is 19.8. The summed E-state index contributed by atoms with van der Waals surface area (Å²) in [6.07, 6.45) is 4.74. The number of pyridine rings is 1. The van der Waals surface area contributed by atoms with Crippen LogP contribution < -0.4 is 15.5 Å². The molecule has 0 spiro atoms. The van der Waals surface area contributed by atoms with Gasteiger partial charge in [0.15, 0.2) is 0 Å². The van der Waals surface area contributed by atoms with Crippen LogP contribution in [0.15, 0.2) is 61.1 Å². The second-order valence-corrected chi connectivity index (χ2v) is 6.13. The van der Waals surface area contributed by atoms with Crippen molar-refractivity contribution < 1.29 is 4.79 Å². The molecule has 0 saturated carbocycles. The molecule has 1 aromatic carbocycles. The highest BCUT2D eigenvalue weighted by Gasteiger charge is 2.09. The zero-order valence-corrected chi connectivity index (χ0v) is 16.1. The third-order valence-electron chi connectivity index (χ3n) is 4.32. The van der Waals surface area contributed by atoms with Crippen LogP contribution in [0.1, 0.15) is 30.0 Å². The van der Waals surface area contributed by atoms with Gasteiger partial charge in [0, 0.05) is 30.7 Å². The van der Waals surface area contributed by atoms with Crippen molar-refractivity contribution in [2.75, 3.05) is 28.6 Å². The first kappa shape index (κ1) is 19.3. The Kier molecular flexibility index (Phi) is 6.51. The summed E-state index contributed by atoms with van der Waals surface area (Å²) in [6.45, 7) is 6.66. The number of hydrogen-bond donors (Lipinski definition) is 2. The minimum Gasteiger partial charge on any atom is -0.372 e. The summed E-state index contributed by atoms with van der Waals surface area (Å²) >= 11 is 0. The van der Waals surface area contributed by atoms with Crippen molar-refractivity contribution >= 4 is 23.1 Å². The number of benzene rings is 1. The molecule has 2 heterocycles. The number of carbonyl (C=O) groups excluding carboxylic acids is 1. The number of rotatable bonds is 8. The smallest absolute Gasteiger partial charge is 0.275 e. The van der Waals surface area contributed by atoms with Crippen LogP contribution in [-0.2, 0) is 6.54 Å². The van der Waals surface area contributed by atoms with Crippen LogP contribution in [0.3, 0.4) is 0 Å². The van der Waals surface area contributed by atoms with E-state index in [0.717, 1.165) is 30.2 Å². The molecule has 7 nitrogen and oxygen atoms in total. The molecular weight excluding hydrogens is 352 g/mol. The number of hydrogen-bond acceptors (Lipinski definition) is 6. The van der Waals surface area contributed by atoms with E-state index in [0.29, 0.717) is 12.4 Å². The molecule has 0 atom stereocenters. The van der Waals surface area contributed by atoms with Crippen LogP contribution in [0.2, 0.25) is 0 Å². The Hall–Kier alpha value is -3.48. The van der Waals surface area contributed by atoms with E-state index in [9.17, 15) is 4.79 Å². The molecule has 0 bridgehead atoms. The van der Waals surface area contributed by atoms with Crippen molar-refractivity contribution in [3.8, 4) is 0 Å². The van der Waals surface area contributed by atoms with Crippen molar-refractivity contribution in [3.63, 3.8) is 0 Å². The minimum absolute atomic E-state index is 0.260. The average molecular weight is 376 g/mol. The maximum Gasteiger partial charge on any atom is 0.275 e. The summed E-state index contributed by atoms with van der Waals surface area (Å²) in [5.41, 5.74) is 3.02. The summed E-state index contributed by atoms with van der Waals surface area (Å²) < 4.78 is 0. The average Bonchev–Trinajstić information content (AvgIpc) is 2.75. The number of nitrogens with one attached hydrogen (secondary N) is 2. The summed E-state index contributed by atoms with van der Waals surface area (Å²) in [4.78, 5) is 27.3. The first-order valence-corrected chi connectivity index (χ1v) is 9.31. The van der Waals surface area contributed by atoms with Gasteiger partial charge in [0.25, 0.3) is 5.91 Å². The van der Waals surface area contributed by atoms with Crippen LogP contribution in [0.5, 0.6) is 0 Å². The largest absolute Gasteiger partial charge is 0.372 e. The van der Waals surface area contributed by atoms with Crippen LogP contribution >= 0.6 is 0 Å². The topological polar surface area (TPSA) is 83.0 Å². The summed E-state index contributed by atoms with van der Waals surface area (Å²) in [5, 5.41) is 5.98. The lowest BCUT2D eigenvalue weighted by Gasteiger charge is -2.21. The molecule has 144 valence electrons. The van der Waals surface area contributed by atoms with E-state index >= 15 is 0 Å². The molecule has 2 aromatic heterocycles. The summed E-state index contributed by atoms with van der Waals surface area (Å²) in [7, 11) is 0. The lowest BCUT2D eigenvalue weighted by Crippen LogP contribution is -2.21. The zero-order valence-electron chi connectivity index (χ0n) is 16.1. The third kappa shape index (κ3) is 5.03. The first-order valence-electron chi connectivity index (χ1n) is 9.31. The minimum atomic E-state index is -0.292. The van der Waals surface area contributed by atoms with Gasteiger partial charge in [-0.25, -0.2) is 9.97 Å². The van der Waals surface area contributed by atoms with E-state index < -0.39 is 0 Å². The highest BCUT2D eigenvalue weighted by atomic mass is 16.1. The maximum atomic E-state index is 12.4. The first-order chi connectivity index (χ1) is 13.7. The van der Waals surface area contributed by atoms with E-state index in [1.165, 1.54) is 6.20 Å². The Labute approximate surface area is 164 Å². The fourth-order valence-corrected chi connectivity index (χ4v) is 2.76. The van der Waals surface area contributed by atoms with Crippen molar-refractivity contribution in [1.82, 2.24) is 15.0 Å². The van der Waals surface area contributed by atoms with Crippen LogP contribution in [0.25, 0.3) is 0 Å². The standard InChI is InChI=1S/C21H24N6O/c1-3-27(4-2)18-10-8-16(9-11-18)26-21(28)19-14-25-20(15-23-19)24-13-17-7-5-6-12-22-17/h5-12,14-15H,3-4,13H2,1-2H3,(H,24,25)(H,26,28). The van der Waals surface area contributed by atoms with E-state index in [-0.39, 0.29) is 11.6 Å². The number of amides is 1. The van der Waals surface area contributed by atoms with Gasteiger partial charge in [-0.3, -0.25) is 9.78 Å². The Morgan fingerprint density at radius 3 is 2.36 bits per heavy atom. The predicted octanol–water partition coefficient (Wildman–Crippen LogP) is 3.58. The number of anilines is 3. The molecular formula is C21H24N6O. The highest BCUT2D eigenvalue weighted by molar-refractivity contribution is 6.02. The molecule has 0 aliphatic heterocycles.